The number of nitrogen functional groups attached to an aromatic ring is 1. The van der Waals surface area contributed by atoms with E-state index in [1.54, 1.807) is 33.5 Å². The molecule has 6 nitrogen and oxygen atoms in total. The van der Waals surface area contributed by atoms with Crippen LogP contribution in [-0.2, 0) is 0 Å². The average molecular weight is 263 g/mol. The van der Waals surface area contributed by atoms with Crippen molar-refractivity contribution in [3.63, 3.8) is 0 Å². The highest BCUT2D eigenvalue weighted by Gasteiger charge is 2.19. The fraction of sp³-hybridized carbons (Fsp3) is 0.308. The van der Waals surface area contributed by atoms with Gasteiger partial charge in [-0.25, -0.2) is 4.98 Å². The molecule has 0 saturated carbocycles. The van der Waals surface area contributed by atoms with Crippen LogP contribution < -0.4 is 19.9 Å². The largest absolute Gasteiger partial charge is 0.496 e. The summed E-state index contributed by atoms with van der Waals surface area (Å²) in [6.07, 6.45) is 0. The highest BCUT2D eigenvalue weighted by atomic mass is 16.5. The van der Waals surface area contributed by atoms with Crippen molar-refractivity contribution in [3.8, 4) is 28.5 Å². The number of nitrogens with one attached hydrogen (secondary N) is 1. The van der Waals surface area contributed by atoms with Crippen LogP contribution in [0, 0.1) is 6.92 Å². The zero-order valence-electron chi connectivity index (χ0n) is 11.4. The first-order chi connectivity index (χ1) is 9.10. The van der Waals surface area contributed by atoms with Gasteiger partial charge in [0.1, 0.15) is 22.9 Å². The van der Waals surface area contributed by atoms with Crippen LogP contribution in [0.3, 0.4) is 0 Å². The van der Waals surface area contributed by atoms with Crippen molar-refractivity contribution in [1.29, 1.82) is 0 Å². The van der Waals surface area contributed by atoms with Gasteiger partial charge in [-0.15, -0.1) is 0 Å². The molecule has 2 aromatic rings. The standard InChI is InChI=1S/C13H17N3O3/c1-7-12(16-13(14)15-7)11-9(18-3)5-8(17-2)6-10(11)19-4/h5-6H,1-4H3,(H3,14,15,16). The minimum absolute atomic E-state index is 0.354. The molecule has 6 heteroatoms. The van der Waals surface area contributed by atoms with E-state index in [4.69, 9.17) is 19.9 Å². The fourth-order valence-electron chi connectivity index (χ4n) is 1.97. The molecule has 0 saturated heterocycles. The third-order valence-corrected chi connectivity index (χ3v) is 2.85. The molecule has 0 aliphatic carbocycles. The molecule has 0 unspecified atom stereocenters. The summed E-state index contributed by atoms with van der Waals surface area (Å²) in [5.74, 6) is 2.24. The second-order valence-corrected chi connectivity index (χ2v) is 4.00. The minimum Gasteiger partial charge on any atom is -0.496 e. The van der Waals surface area contributed by atoms with Gasteiger partial charge in [-0.1, -0.05) is 0 Å². The number of nitrogens with two attached hydrogens (primary N) is 1. The molecule has 102 valence electrons. The Morgan fingerprint density at radius 2 is 1.63 bits per heavy atom. The van der Waals surface area contributed by atoms with Crippen LogP contribution in [0.25, 0.3) is 11.3 Å². The Bertz CT molecular complexity index is 568. The van der Waals surface area contributed by atoms with E-state index in [1.165, 1.54) is 0 Å². The number of H-pyrrole nitrogens is 1. The predicted molar refractivity (Wildman–Crippen MR) is 72.8 cm³/mol. The van der Waals surface area contributed by atoms with Crippen LogP contribution >= 0.6 is 0 Å². The minimum atomic E-state index is 0.354. The monoisotopic (exact) mass is 263 g/mol. The van der Waals surface area contributed by atoms with Crippen molar-refractivity contribution in [3.05, 3.63) is 17.8 Å². The normalized spacial score (nSPS) is 10.3. The van der Waals surface area contributed by atoms with Crippen LogP contribution in [0.4, 0.5) is 5.95 Å². The Kier molecular flexibility index (Phi) is 3.50. The number of benzene rings is 1. The Morgan fingerprint density at radius 3 is 2.00 bits per heavy atom. The molecule has 1 aromatic carbocycles. The number of aromatic nitrogens is 2. The molecule has 0 fully saturated rings. The maximum atomic E-state index is 5.68. The number of methoxy groups -OCH3 is 3. The Morgan fingerprint density at radius 1 is 1.05 bits per heavy atom. The van der Waals surface area contributed by atoms with Crippen molar-refractivity contribution < 1.29 is 14.2 Å². The van der Waals surface area contributed by atoms with E-state index >= 15 is 0 Å². The highest BCUT2D eigenvalue weighted by molar-refractivity contribution is 5.78. The van der Waals surface area contributed by atoms with Gasteiger partial charge < -0.3 is 24.9 Å². The summed E-state index contributed by atoms with van der Waals surface area (Å²) < 4.78 is 16.0. The van der Waals surface area contributed by atoms with Gasteiger partial charge >= 0.3 is 0 Å². The third-order valence-electron chi connectivity index (χ3n) is 2.85. The SMILES string of the molecule is COc1cc(OC)c(-c2nc(N)[nH]c2C)c(OC)c1. The molecule has 3 N–H and O–H groups in total. The van der Waals surface area contributed by atoms with Crippen LogP contribution in [0.1, 0.15) is 5.69 Å². The van der Waals surface area contributed by atoms with E-state index in [-0.39, 0.29) is 0 Å². The second-order valence-electron chi connectivity index (χ2n) is 4.00. The number of hydrogen-bond donors (Lipinski definition) is 2. The van der Waals surface area contributed by atoms with Gasteiger partial charge in [0.05, 0.1) is 26.9 Å². The summed E-state index contributed by atoms with van der Waals surface area (Å²) in [5.41, 5.74) is 7.98. The number of aryl methyl sites for hydroxylation is 1. The number of hydrogen-bond acceptors (Lipinski definition) is 5. The molecule has 0 bridgehead atoms. The number of anilines is 1. The molecule has 0 aliphatic heterocycles. The van der Waals surface area contributed by atoms with Crippen LogP contribution in [0.5, 0.6) is 17.2 Å². The zero-order chi connectivity index (χ0) is 14.0. The van der Waals surface area contributed by atoms with Crippen molar-refractivity contribution in [2.75, 3.05) is 27.1 Å². The molecular weight excluding hydrogens is 246 g/mol. The molecule has 0 aliphatic rings. The quantitative estimate of drug-likeness (QED) is 0.881. The lowest BCUT2D eigenvalue weighted by Gasteiger charge is -2.14. The van der Waals surface area contributed by atoms with Crippen molar-refractivity contribution in [2.45, 2.75) is 6.92 Å². The van der Waals surface area contributed by atoms with Gasteiger partial charge in [-0.05, 0) is 6.92 Å². The zero-order valence-corrected chi connectivity index (χ0v) is 11.4. The van der Waals surface area contributed by atoms with Gasteiger partial charge in [0, 0.05) is 17.8 Å². The van der Waals surface area contributed by atoms with Crippen molar-refractivity contribution >= 4 is 5.95 Å². The topological polar surface area (TPSA) is 82.4 Å². The van der Waals surface area contributed by atoms with E-state index in [1.807, 2.05) is 6.92 Å². The molecule has 0 atom stereocenters. The summed E-state index contributed by atoms with van der Waals surface area (Å²) in [6, 6.07) is 3.56. The lowest BCUT2D eigenvalue weighted by molar-refractivity contribution is 0.377. The molecule has 1 heterocycles. The molecular formula is C13H17N3O3. The smallest absolute Gasteiger partial charge is 0.198 e. The van der Waals surface area contributed by atoms with E-state index in [2.05, 4.69) is 9.97 Å². The first-order valence-electron chi connectivity index (χ1n) is 5.73. The van der Waals surface area contributed by atoms with E-state index < -0.39 is 0 Å². The van der Waals surface area contributed by atoms with Gasteiger partial charge in [-0.2, -0.15) is 0 Å². The molecule has 0 spiro atoms. The molecule has 0 amide bonds. The Hall–Kier alpha value is -2.37. The number of rotatable bonds is 4. The van der Waals surface area contributed by atoms with Crippen LogP contribution in [0.15, 0.2) is 12.1 Å². The first-order valence-corrected chi connectivity index (χ1v) is 5.73. The number of aromatic amines is 1. The Balaban J connectivity index is 2.70. The number of imidazole rings is 1. The molecule has 2 rings (SSSR count). The van der Waals surface area contributed by atoms with E-state index in [9.17, 15) is 0 Å². The third kappa shape index (κ3) is 2.29. The summed E-state index contributed by atoms with van der Waals surface area (Å²) in [7, 11) is 4.76. The van der Waals surface area contributed by atoms with E-state index in [0.29, 0.717) is 28.9 Å². The fourth-order valence-corrected chi connectivity index (χ4v) is 1.97. The van der Waals surface area contributed by atoms with E-state index in [0.717, 1.165) is 11.3 Å². The summed E-state index contributed by atoms with van der Waals surface area (Å²) in [5, 5.41) is 0. The maximum Gasteiger partial charge on any atom is 0.198 e. The first kappa shape index (κ1) is 13.1. The second kappa shape index (κ2) is 5.09. The summed E-state index contributed by atoms with van der Waals surface area (Å²) in [6.45, 7) is 1.89. The average Bonchev–Trinajstić information content (AvgIpc) is 2.75. The highest BCUT2D eigenvalue weighted by Crippen LogP contribution is 2.42. The van der Waals surface area contributed by atoms with Crippen LogP contribution in [-0.4, -0.2) is 31.3 Å². The lowest BCUT2D eigenvalue weighted by atomic mass is 10.1. The van der Waals surface area contributed by atoms with Gasteiger partial charge in [-0.3, -0.25) is 0 Å². The van der Waals surface area contributed by atoms with Gasteiger partial charge in [0.25, 0.3) is 0 Å². The molecule has 19 heavy (non-hydrogen) atoms. The summed E-state index contributed by atoms with van der Waals surface area (Å²) in [4.78, 5) is 7.24. The van der Waals surface area contributed by atoms with Crippen molar-refractivity contribution in [1.82, 2.24) is 9.97 Å². The molecule has 0 radical (unpaired) electrons. The lowest BCUT2D eigenvalue weighted by Crippen LogP contribution is -1.96. The Labute approximate surface area is 111 Å². The summed E-state index contributed by atoms with van der Waals surface area (Å²) >= 11 is 0. The molecule has 1 aromatic heterocycles. The number of ether oxygens (including phenoxy) is 3. The van der Waals surface area contributed by atoms with Crippen molar-refractivity contribution in [2.24, 2.45) is 0 Å². The van der Waals surface area contributed by atoms with Gasteiger partial charge in [0.15, 0.2) is 5.95 Å². The number of nitrogens with zero attached hydrogens (tertiary/aromatic N) is 1. The van der Waals surface area contributed by atoms with Gasteiger partial charge in [0.2, 0.25) is 0 Å². The predicted octanol–water partition coefficient (Wildman–Crippen LogP) is 1.99. The van der Waals surface area contributed by atoms with Crippen LogP contribution in [0.2, 0.25) is 0 Å². The maximum absolute atomic E-state index is 5.68.